The Morgan fingerprint density at radius 2 is 0.667 bits per heavy atom. The normalized spacial score (nSPS) is 10.2. The van der Waals surface area contributed by atoms with Gasteiger partial charge in [0.05, 0.1) is 19.7 Å². The van der Waals surface area contributed by atoms with E-state index in [0.29, 0.717) is 22.7 Å². The van der Waals surface area contributed by atoms with Gasteiger partial charge in [-0.1, -0.05) is 17.7 Å². The number of benzene rings is 5. The van der Waals surface area contributed by atoms with Gasteiger partial charge in [-0.3, -0.25) is 40.5 Å². The molecule has 0 amide bonds. The average molecular weight is 609 g/mol. The summed E-state index contributed by atoms with van der Waals surface area (Å²) >= 11 is 0. The van der Waals surface area contributed by atoms with Crippen molar-refractivity contribution < 1.29 is 19.7 Å². The fourth-order valence-electron chi connectivity index (χ4n) is 4.09. The number of hydrogen-bond acceptors (Lipinski definition) is 10. The van der Waals surface area contributed by atoms with Crippen LogP contribution in [0.3, 0.4) is 0 Å². The lowest BCUT2D eigenvalue weighted by Crippen LogP contribution is -2.10. The van der Waals surface area contributed by atoms with Crippen LogP contribution in [0.1, 0.15) is 5.56 Å². The molecule has 0 atom stereocenters. The van der Waals surface area contributed by atoms with Gasteiger partial charge in [-0.05, 0) is 67.6 Å². The van der Waals surface area contributed by atoms with Crippen molar-refractivity contribution >= 4 is 51.2 Å². The van der Waals surface area contributed by atoms with Crippen molar-refractivity contribution in [1.82, 2.24) is 0 Å². The number of aryl methyl sites for hydroxylation is 1. The summed E-state index contributed by atoms with van der Waals surface area (Å²) in [6.07, 6.45) is 0. The van der Waals surface area contributed by atoms with Crippen molar-refractivity contribution in [3.05, 3.63) is 167 Å². The van der Waals surface area contributed by atoms with Gasteiger partial charge in [0.15, 0.2) is 0 Å². The molecule has 45 heavy (non-hydrogen) atoms. The zero-order valence-electron chi connectivity index (χ0n) is 23.5. The van der Waals surface area contributed by atoms with Gasteiger partial charge in [-0.15, -0.1) is 0 Å². The minimum absolute atomic E-state index is 0.00673. The molecule has 5 aromatic carbocycles. The molecule has 0 unspecified atom stereocenters. The summed E-state index contributed by atoms with van der Waals surface area (Å²) < 4.78 is 0. The quantitative estimate of drug-likeness (QED) is 0.125. The SMILES string of the molecule is Cc1ccc([N+](=O)[O-])cc1.O=[N+]([O-])c1ccc(Nc2ccc(N(c3ccc([N+](=O)[O-])cc3)c3ccc([N+](=O)[O-])cc3)cc2)cc1. The van der Waals surface area contributed by atoms with Crippen LogP contribution in [0.25, 0.3) is 0 Å². The van der Waals surface area contributed by atoms with Crippen LogP contribution >= 0.6 is 0 Å². The number of nitro benzene ring substituents is 4. The molecule has 0 saturated heterocycles. The van der Waals surface area contributed by atoms with Crippen molar-refractivity contribution in [1.29, 1.82) is 0 Å². The predicted octanol–water partition coefficient (Wildman–Crippen LogP) is 8.53. The Morgan fingerprint density at radius 1 is 0.422 bits per heavy atom. The fraction of sp³-hybridized carbons (Fsp3) is 0.0323. The van der Waals surface area contributed by atoms with E-state index in [1.165, 1.54) is 48.5 Å². The van der Waals surface area contributed by atoms with Crippen LogP contribution < -0.4 is 10.2 Å². The van der Waals surface area contributed by atoms with E-state index in [4.69, 9.17) is 0 Å². The van der Waals surface area contributed by atoms with Crippen LogP contribution in [0, 0.1) is 47.4 Å². The molecule has 5 aromatic rings. The molecule has 0 spiro atoms. The molecule has 0 aromatic heterocycles. The molecule has 1 N–H and O–H groups in total. The first-order valence-electron chi connectivity index (χ1n) is 13.1. The van der Waals surface area contributed by atoms with E-state index < -0.39 is 19.7 Å². The third kappa shape index (κ3) is 8.20. The summed E-state index contributed by atoms with van der Waals surface area (Å²) in [6.45, 7) is 1.89. The molecular weight excluding hydrogens is 584 g/mol. The predicted molar refractivity (Wildman–Crippen MR) is 169 cm³/mol. The minimum atomic E-state index is -0.487. The largest absolute Gasteiger partial charge is 0.356 e. The Kier molecular flexibility index (Phi) is 9.70. The number of nitro groups is 4. The number of hydrogen-bond donors (Lipinski definition) is 1. The molecule has 14 nitrogen and oxygen atoms in total. The first-order chi connectivity index (χ1) is 21.5. The Balaban J connectivity index is 0.000000392. The number of nitrogens with zero attached hydrogens (tertiary/aromatic N) is 5. The van der Waals surface area contributed by atoms with Gasteiger partial charge >= 0.3 is 0 Å². The lowest BCUT2D eigenvalue weighted by Gasteiger charge is -2.25. The molecule has 0 radical (unpaired) electrons. The second-order valence-corrected chi connectivity index (χ2v) is 9.45. The van der Waals surface area contributed by atoms with Gasteiger partial charge < -0.3 is 10.2 Å². The molecule has 0 aliphatic rings. The highest BCUT2D eigenvalue weighted by Gasteiger charge is 2.16. The Labute approximate surface area is 255 Å². The number of rotatable bonds is 9. The molecule has 226 valence electrons. The van der Waals surface area contributed by atoms with E-state index in [9.17, 15) is 40.5 Å². The lowest BCUT2D eigenvalue weighted by atomic mass is 10.1. The number of nitrogens with one attached hydrogen (secondary N) is 1. The fourth-order valence-corrected chi connectivity index (χ4v) is 4.09. The average Bonchev–Trinajstić information content (AvgIpc) is 3.03. The topological polar surface area (TPSA) is 188 Å². The first kappa shape index (κ1) is 31.2. The smallest absolute Gasteiger partial charge is 0.269 e. The Hall–Kier alpha value is -6.70. The van der Waals surface area contributed by atoms with Gasteiger partial charge in [0.1, 0.15) is 0 Å². The maximum absolute atomic E-state index is 11.1. The summed E-state index contributed by atoms with van der Waals surface area (Å²) in [7, 11) is 0. The molecule has 0 aliphatic carbocycles. The zero-order chi connectivity index (χ0) is 32.5. The molecule has 0 fully saturated rings. The van der Waals surface area contributed by atoms with Crippen LogP contribution in [-0.4, -0.2) is 19.7 Å². The van der Waals surface area contributed by atoms with Gasteiger partial charge in [-0.2, -0.15) is 0 Å². The summed E-state index contributed by atoms with van der Waals surface area (Å²) in [5, 5.41) is 46.2. The molecule has 0 bridgehead atoms. The van der Waals surface area contributed by atoms with E-state index in [1.54, 1.807) is 60.7 Å². The maximum Gasteiger partial charge on any atom is 0.269 e. The molecule has 5 rings (SSSR count). The van der Waals surface area contributed by atoms with Crippen LogP contribution in [0.15, 0.2) is 121 Å². The summed E-state index contributed by atoms with van der Waals surface area (Å²) in [6, 6.07) is 31.6. The van der Waals surface area contributed by atoms with Gasteiger partial charge in [0.2, 0.25) is 0 Å². The molecule has 14 heteroatoms. The molecule has 0 heterocycles. The number of anilines is 5. The molecule has 0 saturated carbocycles. The maximum atomic E-state index is 11.1. The Bertz CT molecular complexity index is 1750. The van der Waals surface area contributed by atoms with Gasteiger partial charge in [-0.25, -0.2) is 0 Å². The van der Waals surface area contributed by atoms with Crippen molar-refractivity contribution in [3.63, 3.8) is 0 Å². The lowest BCUT2D eigenvalue weighted by molar-refractivity contribution is -0.385. The van der Waals surface area contributed by atoms with E-state index in [0.717, 1.165) is 11.3 Å². The standard InChI is InChI=1S/C24H17N5O6.C7H7NO2/c30-27(31)22-7-3-18(4-8-22)25-17-1-5-19(6-2-17)26(20-9-13-23(14-10-20)28(32)33)21-11-15-24(16-12-21)29(34)35;1-6-2-4-7(5-3-6)8(9)10/h1-16,25H;2-5H,1H3. The minimum Gasteiger partial charge on any atom is -0.356 e. The third-order valence-corrected chi connectivity index (χ3v) is 6.37. The summed E-state index contributed by atoms with van der Waals surface area (Å²) in [5.41, 5.74) is 4.42. The Morgan fingerprint density at radius 3 is 0.978 bits per heavy atom. The highest BCUT2D eigenvalue weighted by molar-refractivity contribution is 5.78. The van der Waals surface area contributed by atoms with Crippen LogP contribution in [-0.2, 0) is 0 Å². The van der Waals surface area contributed by atoms with E-state index >= 15 is 0 Å². The highest BCUT2D eigenvalue weighted by atomic mass is 16.6. The third-order valence-electron chi connectivity index (χ3n) is 6.37. The monoisotopic (exact) mass is 608 g/mol. The molecule has 0 aliphatic heterocycles. The molecular formula is C31H24N6O8. The van der Waals surface area contributed by atoms with E-state index in [-0.39, 0.29) is 22.7 Å². The summed E-state index contributed by atoms with van der Waals surface area (Å²) in [4.78, 5) is 43.0. The van der Waals surface area contributed by atoms with Crippen LogP contribution in [0.4, 0.5) is 51.2 Å². The number of non-ortho nitro benzene ring substituents is 4. The van der Waals surface area contributed by atoms with Gasteiger partial charge in [0, 0.05) is 77.0 Å². The van der Waals surface area contributed by atoms with Crippen LogP contribution in [0.2, 0.25) is 0 Å². The van der Waals surface area contributed by atoms with Crippen molar-refractivity contribution in [2.24, 2.45) is 0 Å². The second kappa shape index (κ2) is 14.0. The van der Waals surface area contributed by atoms with Crippen molar-refractivity contribution in [2.45, 2.75) is 6.92 Å². The zero-order valence-corrected chi connectivity index (χ0v) is 23.5. The van der Waals surface area contributed by atoms with Crippen molar-refractivity contribution in [3.8, 4) is 0 Å². The van der Waals surface area contributed by atoms with E-state index in [1.807, 2.05) is 24.0 Å². The van der Waals surface area contributed by atoms with Crippen LogP contribution in [0.5, 0.6) is 0 Å². The second-order valence-electron chi connectivity index (χ2n) is 9.45. The van der Waals surface area contributed by atoms with Gasteiger partial charge in [0.25, 0.3) is 22.7 Å². The van der Waals surface area contributed by atoms with Crippen molar-refractivity contribution in [2.75, 3.05) is 10.2 Å². The van der Waals surface area contributed by atoms with E-state index in [2.05, 4.69) is 5.32 Å². The summed E-state index contributed by atoms with van der Waals surface area (Å²) in [5.74, 6) is 0. The highest BCUT2D eigenvalue weighted by Crippen LogP contribution is 2.36. The first-order valence-corrected chi connectivity index (χ1v) is 13.1.